The average Bonchev–Trinajstić information content (AvgIpc) is 2.76. The van der Waals surface area contributed by atoms with Crippen LogP contribution < -0.4 is 15.5 Å². The molecule has 3 rings (SSSR count). The number of benzene rings is 1. The Bertz CT molecular complexity index is 886. The first kappa shape index (κ1) is 27.3. The summed E-state index contributed by atoms with van der Waals surface area (Å²) in [5, 5.41) is 5.63. The maximum Gasteiger partial charge on any atom is 0.416 e. The molecule has 1 aliphatic heterocycles. The van der Waals surface area contributed by atoms with Gasteiger partial charge >= 0.3 is 6.18 Å². The van der Waals surface area contributed by atoms with Crippen LogP contribution in [0.5, 0.6) is 0 Å². The van der Waals surface area contributed by atoms with Crippen LogP contribution in [0.25, 0.3) is 0 Å². The molecule has 0 aromatic heterocycles. The van der Waals surface area contributed by atoms with Crippen LogP contribution in [0, 0.1) is 5.92 Å². The molecule has 0 bridgehead atoms. The van der Waals surface area contributed by atoms with Crippen molar-refractivity contribution in [3.8, 4) is 0 Å². The molecule has 196 valence electrons. The van der Waals surface area contributed by atoms with Gasteiger partial charge in [-0.25, -0.2) is 0 Å². The van der Waals surface area contributed by atoms with Gasteiger partial charge in [0.1, 0.15) is 0 Å². The summed E-state index contributed by atoms with van der Waals surface area (Å²) >= 11 is 0. The molecule has 2 N–H and O–H groups in total. The molecule has 0 radical (unpaired) electrons. The lowest BCUT2D eigenvalue weighted by Gasteiger charge is -2.41. The fourth-order valence-corrected chi connectivity index (χ4v) is 5.15. The fourth-order valence-electron chi connectivity index (χ4n) is 5.15. The maximum absolute atomic E-state index is 13.2. The van der Waals surface area contributed by atoms with E-state index in [0.717, 1.165) is 50.7 Å². The molecular weight excluding hydrogens is 457 g/mol. The van der Waals surface area contributed by atoms with Crippen molar-refractivity contribution < 1.29 is 22.8 Å². The summed E-state index contributed by atoms with van der Waals surface area (Å²) in [5.74, 6) is -0.612. The van der Waals surface area contributed by atoms with Crippen molar-refractivity contribution >= 4 is 17.5 Å². The highest BCUT2D eigenvalue weighted by Crippen LogP contribution is 2.34. The third kappa shape index (κ3) is 6.90. The summed E-state index contributed by atoms with van der Waals surface area (Å²) in [4.78, 5) is 29.8. The van der Waals surface area contributed by atoms with E-state index in [1.165, 1.54) is 6.07 Å². The third-order valence-corrected chi connectivity index (χ3v) is 7.53. The number of nitrogens with zero attached hydrogens (tertiary/aromatic N) is 2. The number of hydrogen-bond acceptors (Lipinski definition) is 4. The van der Waals surface area contributed by atoms with E-state index in [2.05, 4.69) is 43.4 Å². The molecular formula is C26H39F3N4O2. The minimum Gasteiger partial charge on any atom is -0.371 e. The quantitative estimate of drug-likeness (QED) is 0.531. The summed E-state index contributed by atoms with van der Waals surface area (Å²) in [7, 11) is 2.15. The molecule has 1 aromatic carbocycles. The van der Waals surface area contributed by atoms with E-state index < -0.39 is 17.6 Å². The molecule has 0 spiro atoms. The summed E-state index contributed by atoms with van der Waals surface area (Å²) in [5.41, 5.74) is -0.451. The number of amides is 2. The molecule has 1 aliphatic carbocycles. The average molecular weight is 497 g/mol. The first-order valence-corrected chi connectivity index (χ1v) is 12.8. The molecule has 35 heavy (non-hydrogen) atoms. The van der Waals surface area contributed by atoms with Crippen molar-refractivity contribution in [1.82, 2.24) is 15.5 Å². The van der Waals surface area contributed by atoms with Gasteiger partial charge in [0.25, 0.3) is 5.91 Å². The monoisotopic (exact) mass is 496 g/mol. The van der Waals surface area contributed by atoms with E-state index in [1.54, 1.807) is 0 Å². The third-order valence-electron chi connectivity index (χ3n) is 7.53. The molecule has 1 heterocycles. The Hall–Kier alpha value is -2.29. The SMILES string of the molecule is CCC[C@@H]1C[C@@H](N(C)C(C)C)CC[C@@H]1NC(=O)CNC(=O)c1cc(C(F)(F)F)ccc1N1CCC1. The lowest BCUT2D eigenvalue weighted by atomic mass is 9.78. The van der Waals surface area contributed by atoms with Crippen molar-refractivity contribution in [3.63, 3.8) is 0 Å². The van der Waals surface area contributed by atoms with Crippen LogP contribution in [0.3, 0.4) is 0 Å². The van der Waals surface area contributed by atoms with E-state index >= 15 is 0 Å². The van der Waals surface area contributed by atoms with Gasteiger partial charge in [-0.15, -0.1) is 0 Å². The lowest BCUT2D eigenvalue weighted by Crippen LogP contribution is -2.51. The Morgan fingerprint density at radius 1 is 1.20 bits per heavy atom. The first-order valence-electron chi connectivity index (χ1n) is 12.8. The molecule has 9 heteroatoms. The molecule has 1 saturated heterocycles. The molecule has 0 unspecified atom stereocenters. The Morgan fingerprint density at radius 2 is 1.91 bits per heavy atom. The predicted molar refractivity (Wildman–Crippen MR) is 131 cm³/mol. The van der Waals surface area contributed by atoms with Gasteiger partial charge in [0.15, 0.2) is 0 Å². The van der Waals surface area contributed by atoms with Crippen molar-refractivity contribution in [3.05, 3.63) is 29.3 Å². The highest BCUT2D eigenvalue weighted by molar-refractivity contribution is 6.01. The Morgan fingerprint density at radius 3 is 2.49 bits per heavy atom. The van der Waals surface area contributed by atoms with Gasteiger partial charge in [-0.05, 0) is 77.1 Å². The topological polar surface area (TPSA) is 64.7 Å². The second-order valence-electron chi connectivity index (χ2n) is 10.2. The Balaban J connectivity index is 1.61. The highest BCUT2D eigenvalue weighted by Gasteiger charge is 2.34. The zero-order valence-corrected chi connectivity index (χ0v) is 21.3. The molecule has 1 saturated carbocycles. The van der Waals surface area contributed by atoms with Crippen LogP contribution in [0.1, 0.15) is 75.2 Å². The molecule has 2 amide bonds. The van der Waals surface area contributed by atoms with Crippen molar-refractivity contribution in [2.24, 2.45) is 5.92 Å². The fraction of sp³-hybridized carbons (Fsp3) is 0.692. The molecule has 1 aromatic rings. The van der Waals surface area contributed by atoms with Crippen molar-refractivity contribution in [2.45, 2.75) is 83.6 Å². The predicted octanol–water partition coefficient (Wildman–Crippen LogP) is 4.44. The van der Waals surface area contributed by atoms with E-state index in [9.17, 15) is 22.8 Å². The number of alkyl halides is 3. The van der Waals surface area contributed by atoms with E-state index in [1.807, 2.05) is 4.90 Å². The van der Waals surface area contributed by atoms with Crippen molar-refractivity contribution in [2.75, 3.05) is 31.6 Å². The lowest BCUT2D eigenvalue weighted by molar-refractivity contribution is -0.137. The van der Waals surface area contributed by atoms with E-state index in [4.69, 9.17) is 0 Å². The summed E-state index contributed by atoms with van der Waals surface area (Å²) in [6, 6.07) is 4.21. The van der Waals surface area contributed by atoms with Gasteiger partial charge in [-0.2, -0.15) is 13.2 Å². The standard InChI is InChI=1S/C26H39F3N4O2/c1-5-7-18-14-20(32(4)17(2)3)9-10-22(18)31-24(34)16-30-25(35)21-15-19(26(27,28)29)8-11-23(21)33-12-6-13-33/h8,11,15,17-18,20,22H,5-7,9-10,12-14,16H2,1-4H3,(H,30,35)(H,31,34)/t18-,20+,22+/m1/s1. The number of nitrogens with one attached hydrogen (secondary N) is 2. The van der Waals surface area contributed by atoms with Crippen LogP contribution in [0.4, 0.5) is 18.9 Å². The largest absolute Gasteiger partial charge is 0.416 e. The summed E-state index contributed by atoms with van der Waals surface area (Å²) < 4.78 is 39.7. The Kier molecular flexibility index (Phi) is 9.07. The van der Waals surface area contributed by atoms with Gasteiger partial charge in [-0.1, -0.05) is 13.3 Å². The minimum atomic E-state index is -4.54. The van der Waals surface area contributed by atoms with Crippen LogP contribution in [0.15, 0.2) is 18.2 Å². The minimum absolute atomic E-state index is 0.0429. The van der Waals surface area contributed by atoms with Gasteiger partial charge < -0.3 is 20.4 Å². The smallest absolute Gasteiger partial charge is 0.371 e. The second kappa shape index (κ2) is 11.6. The number of rotatable bonds is 9. The number of carbonyl (C=O) groups is 2. The molecule has 2 fully saturated rings. The number of carbonyl (C=O) groups excluding carboxylic acids is 2. The van der Waals surface area contributed by atoms with Gasteiger partial charge in [0.05, 0.1) is 17.7 Å². The Labute approximate surface area is 206 Å². The van der Waals surface area contributed by atoms with Crippen molar-refractivity contribution in [1.29, 1.82) is 0 Å². The van der Waals surface area contributed by atoms with Crippen LogP contribution in [-0.4, -0.2) is 61.5 Å². The number of hydrogen-bond donors (Lipinski definition) is 2. The van der Waals surface area contributed by atoms with E-state index in [0.29, 0.717) is 36.8 Å². The highest BCUT2D eigenvalue weighted by atomic mass is 19.4. The van der Waals surface area contributed by atoms with Crippen LogP contribution in [0.2, 0.25) is 0 Å². The number of halogens is 3. The van der Waals surface area contributed by atoms with Gasteiger partial charge in [0, 0.05) is 36.9 Å². The summed E-state index contributed by atoms with van der Waals surface area (Å²) in [6.07, 6.45) is 1.32. The maximum atomic E-state index is 13.2. The molecule has 2 aliphatic rings. The normalized spacial score (nSPS) is 22.8. The van der Waals surface area contributed by atoms with Gasteiger partial charge in [0.2, 0.25) is 5.91 Å². The first-order chi connectivity index (χ1) is 16.5. The summed E-state index contributed by atoms with van der Waals surface area (Å²) in [6.45, 7) is 7.63. The van der Waals surface area contributed by atoms with Crippen LogP contribution in [-0.2, 0) is 11.0 Å². The molecule has 6 nitrogen and oxygen atoms in total. The van der Waals surface area contributed by atoms with Gasteiger partial charge in [-0.3, -0.25) is 9.59 Å². The van der Waals surface area contributed by atoms with E-state index in [-0.39, 0.29) is 24.1 Å². The molecule has 3 atom stereocenters. The number of anilines is 1. The second-order valence-corrected chi connectivity index (χ2v) is 10.2. The zero-order valence-electron chi connectivity index (χ0n) is 21.3. The zero-order chi connectivity index (χ0) is 25.8. The van der Waals surface area contributed by atoms with Crippen LogP contribution >= 0.6 is 0 Å².